The molecule has 0 bridgehead atoms. The number of nitrogens with zero attached hydrogens (tertiary/aromatic N) is 1. The molecule has 6 heteroatoms. The van der Waals surface area contributed by atoms with E-state index in [0.717, 1.165) is 4.90 Å². The molecule has 0 aliphatic heterocycles. The van der Waals surface area contributed by atoms with Crippen LogP contribution in [0.5, 0.6) is 0 Å². The molecule has 0 heterocycles. The summed E-state index contributed by atoms with van der Waals surface area (Å²) in [5, 5.41) is 0. The van der Waals surface area contributed by atoms with Crippen LogP contribution in [0.2, 0.25) is 0 Å². The first-order valence-corrected chi connectivity index (χ1v) is 5.85. The van der Waals surface area contributed by atoms with Crippen LogP contribution < -0.4 is 0 Å². The first kappa shape index (κ1) is 14.9. The van der Waals surface area contributed by atoms with Gasteiger partial charge in [0.05, 0.1) is 6.54 Å². The van der Waals surface area contributed by atoms with E-state index in [1.165, 1.54) is 7.05 Å². The van der Waals surface area contributed by atoms with E-state index in [1.54, 1.807) is 20.8 Å². The van der Waals surface area contributed by atoms with E-state index in [0.29, 0.717) is 0 Å². The summed E-state index contributed by atoms with van der Waals surface area (Å²) in [7, 11) is 1.41. The molecule has 1 rings (SSSR count). The molecule has 104 valence electrons. The number of likely N-dealkylation sites (N-methyl/N-ethyl adjacent to an activating group) is 1. The molecule has 0 N–H and O–H groups in total. The summed E-state index contributed by atoms with van der Waals surface area (Å²) in [6.07, 6.45) is -1.03. The topological polar surface area (TPSA) is 46.6 Å². The monoisotopic (exact) mass is 263 g/mol. The van der Waals surface area contributed by atoms with Gasteiger partial charge in [0.1, 0.15) is 5.60 Å². The van der Waals surface area contributed by atoms with Gasteiger partial charge >= 0.3 is 6.09 Å². The predicted octanol–water partition coefficient (Wildman–Crippen LogP) is 2.47. The van der Waals surface area contributed by atoms with Gasteiger partial charge in [0, 0.05) is 25.8 Å². The molecule has 1 aliphatic rings. The van der Waals surface area contributed by atoms with Crippen molar-refractivity contribution in [3.05, 3.63) is 0 Å². The lowest BCUT2D eigenvalue weighted by atomic mass is 10.2. The lowest BCUT2D eigenvalue weighted by molar-refractivity contribution is -0.120. The average molecular weight is 263 g/mol. The largest absolute Gasteiger partial charge is 0.444 e. The minimum Gasteiger partial charge on any atom is -0.444 e. The van der Waals surface area contributed by atoms with Crippen LogP contribution in [0, 0.1) is 5.92 Å². The van der Waals surface area contributed by atoms with Crippen molar-refractivity contribution in [3.8, 4) is 0 Å². The molecule has 0 spiro atoms. The number of rotatable bonds is 4. The lowest BCUT2D eigenvalue weighted by Gasteiger charge is -2.24. The van der Waals surface area contributed by atoms with Crippen molar-refractivity contribution in [3.63, 3.8) is 0 Å². The number of carbonyl (C=O) groups excluding carboxylic acids is 2. The molecule has 0 aromatic rings. The zero-order chi connectivity index (χ0) is 14.1. The molecule has 1 unspecified atom stereocenters. The van der Waals surface area contributed by atoms with Crippen molar-refractivity contribution >= 4 is 11.9 Å². The van der Waals surface area contributed by atoms with Crippen LogP contribution in [0.4, 0.5) is 13.6 Å². The zero-order valence-corrected chi connectivity index (χ0v) is 11.1. The van der Waals surface area contributed by atoms with Gasteiger partial charge in [-0.05, 0) is 20.8 Å². The number of ketones is 1. The first-order valence-electron chi connectivity index (χ1n) is 5.85. The molecule has 0 radical (unpaired) electrons. The van der Waals surface area contributed by atoms with Crippen molar-refractivity contribution in [2.45, 2.75) is 45.1 Å². The van der Waals surface area contributed by atoms with Crippen molar-refractivity contribution in [1.29, 1.82) is 0 Å². The highest BCUT2D eigenvalue weighted by molar-refractivity contribution is 5.84. The third-order valence-electron chi connectivity index (χ3n) is 2.55. The number of hydrogen-bond donors (Lipinski definition) is 0. The molecule has 0 aromatic carbocycles. The predicted molar refractivity (Wildman–Crippen MR) is 61.5 cm³/mol. The van der Waals surface area contributed by atoms with E-state index in [4.69, 9.17) is 4.74 Å². The molecule has 1 fully saturated rings. The summed E-state index contributed by atoms with van der Waals surface area (Å²) in [6, 6.07) is 0. The SMILES string of the molecule is CN(CC(=O)CC1CC1(F)F)C(=O)OC(C)(C)C. The van der Waals surface area contributed by atoms with Crippen LogP contribution in [-0.2, 0) is 9.53 Å². The average Bonchev–Trinajstić information content (AvgIpc) is 2.69. The molecular formula is C12H19F2NO3. The zero-order valence-electron chi connectivity index (χ0n) is 11.1. The third kappa shape index (κ3) is 4.58. The smallest absolute Gasteiger partial charge is 0.410 e. The van der Waals surface area contributed by atoms with E-state index >= 15 is 0 Å². The van der Waals surface area contributed by atoms with Crippen LogP contribution in [0.1, 0.15) is 33.6 Å². The molecular weight excluding hydrogens is 244 g/mol. The first-order chi connectivity index (χ1) is 8.01. The van der Waals surface area contributed by atoms with Gasteiger partial charge in [-0.15, -0.1) is 0 Å². The van der Waals surface area contributed by atoms with Crippen LogP contribution >= 0.6 is 0 Å². The number of hydrogen-bond acceptors (Lipinski definition) is 3. The number of ether oxygens (including phenoxy) is 1. The highest BCUT2D eigenvalue weighted by atomic mass is 19.3. The standard InChI is InChI=1S/C12H19F2NO3/c1-11(2,3)18-10(17)15(4)7-9(16)5-8-6-12(8,13)14/h8H,5-7H2,1-4H3. The lowest BCUT2D eigenvalue weighted by Crippen LogP contribution is -2.37. The van der Waals surface area contributed by atoms with E-state index in [1.807, 2.05) is 0 Å². The maximum absolute atomic E-state index is 12.6. The molecule has 1 aliphatic carbocycles. The van der Waals surface area contributed by atoms with Gasteiger partial charge in [0.15, 0.2) is 5.78 Å². The highest BCUT2D eigenvalue weighted by Gasteiger charge is 2.57. The quantitative estimate of drug-likeness (QED) is 0.782. The fraction of sp³-hybridized carbons (Fsp3) is 0.833. The van der Waals surface area contributed by atoms with Gasteiger partial charge in [0.25, 0.3) is 5.92 Å². The summed E-state index contributed by atoms with van der Waals surface area (Å²) in [5.74, 6) is -3.91. The molecule has 1 atom stereocenters. The van der Waals surface area contributed by atoms with Crippen molar-refractivity contribution in [2.24, 2.45) is 5.92 Å². The van der Waals surface area contributed by atoms with Crippen molar-refractivity contribution < 1.29 is 23.1 Å². The highest BCUT2D eigenvalue weighted by Crippen LogP contribution is 2.50. The van der Waals surface area contributed by atoms with Crippen LogP contribution in [-0.4, -0.2) is 41.9 Å². The minimum absolute atomic E-state index is 0.180. The molecule has 0 saturated heterocycles. The van der Waals surface area contributed by atoms with Gasteiger partial charge in [0.2, 0.25) is 0 Å². The molecule has 4 nitrogen and oxygen atoms in total. The maximum atomic E-state index is 12.6. The maximum Gasteiger partial charge on any atom is 0.410 e. The van der Waals surface area contributed by atoms with Gasteiger partial charge in [-0.25, -0.2) is 13.6 Å². The Morgan fingerprint density at radius 3 is 2.28 bits per heavy atom. The number of Topliss-reactive ketones (excluding diaryl/α,β-unsaturated/α-hetero) is 1. The summed E-state index contributed by atoms with van der Waals surface area (Å²) < 4.78 is 30.3. The number of alkyl halides is 2. The van der Waals surface area contributed by atoms with Gasteiger partial charge in [-0.3, -0.25) is 4.79 Å². The fourth-order valence-electron chi connectivity index (χ4n) is 1.50. The van der Waals surface area contributed by atoms with Crippen molar-refractivity contribution in [1.82, 2.24) is 4.90 Å². The third-order valence-corrected chi connectivity index (χ3v) is 2.55. The summed E-state index contributed by atoms with van der Waals surface area (Å²) in [4.78, 5) is 24.1. The second kappa shape index (κ2) is 4.82. The Hall–Kier alpha value is -1.20. The Kier molecular flexibility index (Phi) is 3.98. The number of carbonyl (C=O) groups is 2. The second-order valence-corrected chi connectivity index (χ2v) is 5.74. The van der Waals surface area contributed by atoms with Crippen LogP contribution in [0.3, 0.4) is 0 Å². The van der Waals surface area contributed by atoms with E-state index in [-0.39, 0.29) is 25.2 Å². The molecule has 1 amide bonds. The minimum atomic E-state index is -2.69. The molecule has 18 heavy (non-hydrogen) atoms. The van der Waals surface area contributed by atoms with Gasteiger partial charge in [-0.2, -0.15) is 0 Å². The van der Waals surface area contributed by atoms with Crippen LogP contribution in [0.15, 0.2) is 0 Å². The summed E-state index contributed by atoms with van der Waals surface area (Å²) in [6.45, 7) is 4.95. The number of amides is 1. The normalized spacial score (nSPS) is 21.3. The van der Waals surface area contributed by atoms with Crippen molar-refractivity contribution in [2.75, 3.05) is 13.6 Å². The van der Waals surface area contributed by atoms with Gasteiger partial charge < -0.3 is 9.64 Å². The van der Waals surface area contributed by atoms with E-state index < -0.39 is 23.5 Å². The Morgan fingerprint density at radius 1 is 1.39 bits per heavy atom. The van der Waals surface area contributed by atoms with Crippen LogP contribution in [0.25, 0.3) is 0 Å². The summed E-state index contributed by atoms with van der Waals surface area (Å²) >= 11 is 0. The van der Waals surface area contributed by atoms with E-state index in [9.17, 15) is 18.4 Å². The van der Waals surface area contributed by atoms with Gasteiger partial charge in [-0.1, -0.05) is 0 Å². The Bertz CT molecular complexity index is 350. The number of halogens is 2. The fourth-order valence-corrected chi connectivity index (χ4v) is 1.50. The Balaban J connectivity index is 2.33. The second-order valence-electron chi connectivity index (χ2n) is 5.74. The molecule has 0 aromatic heterocycles. The van der Waals surface area contributed by atoms with E-state index in [2.05, 4.69) is 0 Å². The Labute approximate surface area is 105 Å². The Morgan fingerprint density at radius 2 is 1.89 bits per heavy atom. The molecule has 1 saturated carbocycles. The summed E-state index contributed by atoms with van der Waals surface area (Å²) in [5.41, 5.74) is -0.641.